The summed E-state index contributed by atoms with van der Waals surface area (Å²) in [7, 11) is 0. The van der Waals surface area contributed by atoms with Crippen LogP contribution in [0, 0.1) is 11.3 Å². The first-order valence-corrected chi connectivity index (χ1v) is 9.01. The highest BCUT2D eigenvalue weighted by Gasteiger charge is 2.37. The first kappa shape index (κ1) is 17.3. The van der Waals surface area contributed by atoms with Crippen LogP contribution in [0.2, 0.25) is 5.02 Å². The topological polar surface area (TPSA) is 101 Å². The van der Waals surface area contributed by atoms with Gasteiger partial charge in [0.05, 0.1) is 16.5 Å². The fourth-order valence-corrected chi connectivity index (χ4v) is 3.58. The van der Waals surface area contributed by atoms with Crippen LogP contribution >= 0.6 is 11.6 Å². The number of aromatic nitrogens is 2. The number of furan rings is 1. The Kier molecular flexibility index (Phi) is 4.38. The molecule has 0 fully saturated rings. The van der Waals surface area contributed by atoms with Gasteiger partial charge in [0.1, 0.15) is 23.2 Å². The molecule has 6 nitrogen and oxygen atoms in total. The summed E-state index contributed by atoms with van der Waals surface area (Å²) >= 11 is 6.29. The fraction of sp³-hybridized carbons (Fsp3) is 0.200. The Balaban J connectivity index is 1.85. The molecule has 0 unspecified atom stereocenters. The number of benzene rings is 1. The molecule has 0 radical (unpaired) electrons. The molecule has 27 heavy (non-hydrogen) atoms. The van der Waals surface area contributed by atoms with Gasteiger partial charge >= 0.3 is 0 Å². The SMILES string of the molecule is CCCc1[nH]nc2c1[C@@H](c1ccc(-c3ccccc3Cl)o1)C(C#N)=C(N)O2. The van der Waals surface area contributed by atoms with Crippen molar-refractivity contribution in [2.24, 2.45) is 5.73 Å². The number of aromatic amines is 1. The van der Waals surface area contributed by atoms with Gasteiger partial charge < -0.3 is 14.9 Å². The second-order valence-electron chi connectivity index (χ2n) is 6.28. The number of nitrogens with two attached hydrogens (primary N) is 1. The van der Waals surface area contributed by atoms with Crippen molar-refractivity contribution in [3.8, 4) is 23.3 Å². The lowest BCUT2D eigenvalue weighted by molar-refractivity contribution is 0.371. The van der Waals surface area contributed by atoms with E-state index in [0.717, 1.165) is 29.7 Å². The Morgan fingerprint density at radius 3 is 2.85 bits per heavy atom. The van der Waals surface area contributed by atoms with Gasteiger partial charge in [0.15, 0.2) is 0 Å². The van der Waals surface area contributed by atoms with Gasteiger partial charge in [-0.2, -0.15) is 5.26 Å². The van der Waals surface area contributed by atoms with Crippen molar-refractivity contribution < 1.29 is 9.15 Å². The number of aryl methyl sites for hydroxylation is 1. The van der Waals surface area contributed by atoms with Crippen molar-refractivity contribution >= 4 is 11.6 Å². The quantitative estimate of drug-likeness (QED) is 0.694. The Hall–Kier alpha value is -3.17. The van der Waals surface area contributed by atoms with Crippen LogP contribution in [0.5, 0.6) is 5.88 Å². The van der Waals surface area contributed by atoms with E-state index in [-0.39, 0.29) is 5.88 Å². The van der Waals surface area contributed by atoms with Gasteiger partial charge in [-0.15, -0.1) is 5.10 Å². The number of H-pyrrole nitrogens is 1. The van der Waals surface area contributed by atoms with Crippen molar-refractivity contribution in [1.82, 2.24) is 10.2 Å². The van der Waals surface area contributed by atoms with E-state index in [2.05, 4.69) is 23.2 Å². The molecule has 1 atom stereocenters. The summed E-state index contributed by atoms with van der Waals surface area (Å²) in [6, 6.07) is 13.3. The monoisotopic (exact) mass is 380 g/mol. The van der Waals surface area contributed by atoms with Gasteiger partial charge in [0, 0.05) is 11.3 Å². The van der Waals surface area contributed by atoms with E-state index < -0.39 is 5.92 Å². The summed E-state index contributed by atoms with van der Waals surface area (Å²) < 4.78 is 11.7. The highest BCUT2D eigenvalue weighted by atomic mass is 35.5. The Morgan fingerprint density at radius 2 is 2.11 bits per heavy atom. The molecule has 0 aliphatic carbocycles. The molecule has 136 valence electrons. The zero-order chi connectivity index (χ0) is 19.0. The van der Waals surface area contributed by atoms with Crippen LogP contribution < -0.4 is 10.5 Å². The van der Waals surface area contributed by atoms with Crippen LogP contribution in [0.4, 0.5) is 0 Å². The average Bonchev–Trinajstić information content (AvgIpc) is 3.29. The number of nitriles is 1. The third-order valence-corrected chi connectivity index (χ3v) is 4.90. The molecule has 1 aliphatic heterocycles. The van der Waals surface area contributed by atoms with Crippen LogP contribution in [0.1, 0.15) is 36.3 Å². The highest BCUT2D eigenvalue weighted by Crippen LogP contribution is 2.44. The summed E-state index contributed by atoms with van der Waals surface area (Å²) in [6.45, 7) is 2.07. The standard InChI is InChI=1S/C20H17ClN4O2/c1-2-5-14-18-17(12(10-22)19(23)27-20(18)25-24-14)16-9-8-15(26-16)11-6-3-4-7-13(11)21/h3-4,6-9,17H,2,5,23H2,1H3,(H,24,25)/t17-/m1/s1. The van der Waals surface area contributed by atoms with Crippen LogP contribution in [-0.2, 0) is 6.42 Å². The highest BCUT2D eigenvalue weighted by molar-refractivity contribution is 6.33. The molecule has 7 heteroatoms. The molecule has 3 N–H and O–H groups in total. The van der Waals surface area contributed by atoms with Crippen molar-refractivity contribution in [2.45, 2.75) is 25.7 Å². The number of hydrogen-bond acceptors (Lipinski definition) is 5. The fourth-order valence-electron chi connectivity index (χ4n) is 3.35. The van der Waals surface area contributed by atoms with E-state index in [0.29, 0.717) is 28.0 Å². The number of nitrogens with one attached hydrogen (secondary N) is 1. The third kappa shape index (κ3) is 2.86. The van der Waals surface area contributed by atoms with Gasteiger partial charge in [-0.25, -0.2) is 0 Å². The number of fused-ring (bicyclic) bond motifs is 1. The van der Waals surface area contributed by atoms with Gasteiger partial charge in [-0.3, -0.25) is 5.10 Å². The summed E-state index contributed by atoms with van der Waals surface area (Å²) in [6.07, 6.45) is 1.70. The molecule has 3 heterocycles. The lowest BCUT2D eigenvalue weighted by Crippen LogP contribution is -2.21. The van der Waals surface area contributed by atoms with Crippen LogP contribution in [-0.4, -0.2) is 10.2 Å². The lowest BCUT2D eigenvalue weighted by Gasteiger charge is -2.22. The summed E-state index contributed by atoms with van der Waals surface area (Å²) in [5, 5.41) is 17.5. The second kappa shape index (κ2) is 6.86. The van der Waals surface area contributed by atoms with Crippen molar-refractivity contribution in [3.05, 3.63) is 69.9 Å². The van der Waals surface area contributed by atoms with Gasteiger partial charge in [-0.1, -0.05) is 37.1 Å². The van der Waals surface area contributed by atoms with Crippen molar-refractivity contribution in [2.75, 3.05) is 0 Å². The lowest BCUT2D eigenvalue weighted by atomic mass is 9.87. The number of ether oxygens (including phenoxy) is 1. The van der Waals surface area contributed by atoms with E-state index in [1.807, 2.05) is 30.3 Å². The smallest absolute Gasteiger partial charge is 0.244 e. The van der Waals surface area contributed by atoms with E-state index in [9.17, 15) is 5.26 Å². The van der Waals surface area contributed by atoms with E-state index in [1.54, 1.807) is 6.07 Å². The Labute approximate surface area is 161 Å². The van der Waals surface area contributed by atoms with Crippen molar-refractivity contribution in [1.29, 1.82) is 5.26 Å². The first-order chi connectivity index (χ1) is 13.1. The molecule has 4 rings (SSSR count). The number of hydrogen-bond donors (Lipinski definition) is 2. The molecule has 0 saturated carbocycles. The minimum absolute atomic E-state index is 0.0419. The minimum atomic E-state index is -0.477. The number of halogens is 1. The largest absolute Gasteiger partial charge is 0.460 e. The summed E-state index contributed by atoms with van der Waals surface area (Å²) in [4.78, 5) is 0. The maximum atomic E-state index is 9.68. The molecule has 0 amide bonds. The molecule has 0 bridgehead atoms. The predicted octanol–water partition coefficient (Wildman–Crippen LogP) is 4.49. The molecular formula is C20H17ClN4O2. The number of nitrogens with zero attached hydrogens (tertiary/aromatic N) is 2. The zero-order valence-electron chi connectivity index (χ0n) is 14.6. The van der Waals surface area contributed by atoms with E-state index in [1.165, 1.54) is 0 Å². The molecule has 1 aliphatic rings. The van der Waals surface area contributed by atoms with E-state index >= 15 is 0 Å². The normalized spacial score (nSPS) is 16.0. The minimum Gasteiger partial charge on any atom is -0.460 e. The van der Waals surface area contributed by atoms with Crippen LogP contribution in [0.3, 0.4) is 0 Å². The number of rotatable bonds is 4. The summed E-state index contributed by atoms with van der Waals surface area (Å²) in [5.41, 5.74) is 8.77. The van der Waals surface area contributed by atoms with Crippen LogP contribution in [0.25, 0.3) is 11.3 Å². The second-order valence-corrected chi connectivity index (χ2v) is 6.68. The molecule has 1 aromatic carbocycles. The molecule has 2 aromatic heterocycles. The molecule has 3 aromatic rings. The number of allylic oxidation sites excluding steroid dienone is 1. The Bertz CT molecular complexity index is 1070. The molecular weight excluding hydrogens is 364 g/mol. The maximum absolute atomic E-state index is 9.68. The third-order valence-electron chi connectivity index (χ3n) is 4.57. The van der Waals surface area contributed by atoms with Gasteiger partial charge in [0.25, 0.3) is 0 Å². The van der Waals surface area contributed by atoms with Crippen molar-refractivity contribution in [3.63, 3.8) is 0 Å². The first-order valence-electron chi connectivity index (χ1n) is 8.63. The zero-order valence-corrected chi connectivity index (χ0v) is 15.4. The summed E-state index contributed by atoms with van der Waals surface area (Å²) in [5.74, 6) is 1.17. The maximum Gasteiger partial charge on any atom is 0.244 e. The molecule has 0 spiro atoms. The van der Waals surface area contributed by atoms with Crippen LogP contribution in [0.15, 0.2) is 52.3 Å². The van der Waals surface area contributed by atoms with Gasteiger partial charge in [0.2, 0.25) is 11.8 Å². The predicted molar refractivity (Wildman–Crippen MR) is 101 cm³/mol. The average molecular weight is 381 g/mol. The Morgan fingerprint density at radius 1 is 1.30 bits per heavy atom. The molecule has 0 saturated heterocycles. The van der Waals surface area contributed by atoms with E-state index in [4.69, 9.17) is 26.5 Å². The van der Waals surface area contributed by atoms with Gasteiger partial charge in [-0.05, 0) is 30.7 Å².